The molecule has 1 saturated carbocycles. The van der Waals surface area contributed by atoms with Gasteiger partial charge in [-0.05, 0) is 91.8 Å². The van der Waals surface area contributed by atoms with Crippen molar-refractivity contribution in [3.63, 3.8) is 0 Å². The highest BCUT2D eigenvalue weighted by Gasteiger charge is 2.31. The molecule has 2 aliphatic rings. The Bertz CT molecular complexity index is 1250. The number of rotatable bonds is 7. The Labute approximate surface area is 208 Å². The van der Waals surface area contributed by atoms with E-state index in [4.69, 9.17) is 5.11 Å². The molecule has 0 saturated heterocycles. The topological polar surface area (TPSA) is 96.4 Å². The number of alkyl halides is 3. The van der Waals surface area contributed by atoms with Gasteiger partial charge in [0.15, 0.2) is 0 Å². The van der Waals surface area contributed by atoms with Crippen LogP contribution in [0.5, 0.6) is 0 Å². The Balaban J connectivity index is 1.34. The molecule has 1 aromatic heterocycles. The molecule has 10 heteroatoms. The second-order valence-corrected chi connectivity index (χ2v) is 11.0. The van der Waals surface area contributed by atoms with Gasteiger partial charge in [-0.2, -0.15) is 13.2 Å². The van der Waals surface area contributed by atoms with Crippen molar-refractivity contribution in [1.82, 2.24) is 4.98 Å². The molecule has 2 aromatic rings. The molecule has 0 aliphatic heterocycles. The largest absolute Gasteiger partial charge is 0.481 e. The van der Waals surface area contributed by atoms with Crippen LogP contribution in [-0.2, 0) is 21.0 Å². The van der Waals surface area contributed by atoms with E-state index in [1.807, 2.05) is 6.08 Å². The van der Waals surface area contributed by atoms with Crippen LogP contribution in [-0.4, -0.2) is 24.5 Å². The van der Waals surface area contributed by atoms with Crippen LogP contribution in [0.1, 0.15) is 49.8 Å². The average Bonchev–Trinajstić information content (AvgIpc) is 2.84. The maximum absolute atomic E-state index is 12.7. The van der Waals surface area contributed by atoms with Gasteiger partial charge in [-0.25, -0.2) is 8.42 Å². The Morgan fingerprint density at radius 3 is 2.28 bits per heavy atom. The fourth-order valence-electron chi connectivity index (χ4n) is 4.91. The highest BCUT2D eigenvalue weighted by molar-refractivity contribution is 7.92. The number of carboxylic acid groups (broad SMARTS) is 1. The van der Waals surface area contributed by atoms with E-state index >= 15 is 0 Å². The summed E-state index contributed by atoms with van der Waals surface area (Å²) in [7, 11) is -4.06. The number of halogens is 3. The highest BCUT2D eigenvalue weighted by Crippen LogP contribution is 2.39. The van der Waals surface area contributed by atoms with Gasteiger partial charge in [0.2, 0.25) is 0 Å². The monoisotopic (exact) mass is 520 g/mol. The van der Waals surface area contributed by atoms with Crippen molar-refractivity contribution in [1.29, 1.82) is 0 Å². The first-order valence-electron chi connectivity index (χ1n) is 11.8. The van der Waals surface area contributed by atoms with Gasteiger partial charge in [-0.3, -0.25) is 14.5 Å². The summed E-state index contributed by atoms with van der Waals surface area (Å²) in [5.74, 6) is 0.500. The zero-order valence-corrected chi connectivity index (χ0v) is 20.2. The van der Waals surface area contributed by atoms with E-state index in [1.165, 1.54) is 6.20 Å². The molecule has 192 valence electrons. The van der Waals surface area contributed by atoms with Crippen LogP contribution in [0.25, 0.3) is 5.57 Å². The Morgan fingerprint density at radius 1 is 1.06 bits per heavy atom. The summed E-state index contributed by atoms with van der Waals surface area (Å²) in [6.07, 6.45) is 8.22. The molecule has 1 aromatic carbocycles. The molecule has 1 atom stereocenters. The maximum atomic E-state index is 12.7. The smallest absolute Gasteiger partial charge is 0.416 e. The molecular formula is C26H27F3N2O4S. The predicted octanol–water partition coefficient (Wildman–Crippen LogP) is 6.14. The lowest BCUT2D eigenvalue weighted by molar-refractivity contribution is -0.139. The SMILES string of the molecule is O=C(O)CC1CCC(C2C=CC(c3ccc(NS(=O)(=O)c4ccc(C(F)(F)F)cc4)cn3)=CC2)CC1. The van der Waals surface area contributed by atoms with Crippen LogP contribution in [0, 0.1) is 17.8 Å². The molecule has 6 nitrogen and oxygen atoms in total. The zero-order chi connectivity index (χ0) is 25.9. The lowest BCUT2D eigenvalue weighted by Crippen LogP contribution is -2.22. The van der Waals surface area contributed by atoms with Crippen molar-refractivity contribution in [2.45, 2.75) is 49.6 Å². The van der Waals surface area contributed by atoms with Crippen molar-refractivity contribution in [2.75, 3.05) is 4.72 Å². The van der Waals surface area contributed by atoms with Crippen LogP contribution in [0.4, 0.5) is 18.9 Å². The van der Waals surface area contributed by atoms with E-state index in [0.717, 1.165) is 61.9 Å². The van der Waals surface area contributed by atoms with Crippen LogP contribution < -0.4 is 4.72 Å². The van der Waals surface area contributed by atoms with Gasteiger partial charge >= 0.3 is 12.1 Å². The fourth-order valence-corrected chi connectivity index (χ4v) is 5.95. The summed E-state index contributed by atoms with van der Waals surface area (Å²) < 4.78 is 65.6. The number of nitrogens with one attached hydrogen (secondary N) is 1. The molecule has 2 aliphatic carbocycles. The molecule has 1 unspecified atom stereocenters. The Hall–Kier alpha value is -3.14. The van der Waals surface area contributed by atoms with Crippen molar-refractivity contribution in [3.05, 3.63) is 72.1 Å². The molecule has 1 heterocycles. The molecule has 0 amide bonds. The predicted molar refractivity (Wildman–Crippen MR) is 129 cm³/mol. The molecule has 0 bridgehead atoms. The van der Waals surface area contributed by atoms with Crippen LogP contribution >= 0.6 is 0 Å². The standard InChI is InChI=1S/C26H27F3N2O4S/c27-26(28,29)21-9-12-23(13-10-21)36(34,35)31-22-11-14-24(30-16-22)20-7-5-19(6-8-20)18-3-1-17(2-4-18)15-25(32)33/h5,7-14,16-19,31H,1-4,6,15H2,(H,32,33). The number of aromatic nitrogens is 1. The number of nitrogens with zero attached hydrogens (tertiary/aromatic N) is 1. The van der Waals surface area contributed by atoms with Gasteiger partial charge < -0.3 is 5.11 Å². The van der Waals surface area contributed by atoms with E-state index in [0.29, 0.717) is 17.5 Å². The zero-order valence-electron chi connectivity index (χ0n) is 19.4. The Morgan fingerprint density at radius 2 is 1.75 bits per heavy atom. The summed E-state index contributed by atoms with van der Waals surface area (Å²) in [5.41, 5.74) is 0.903. The first kappa shape index (κ1) is 25.9. The lowest BCUT2D eigenvalue weighted by atomic mass is 9.73. The molecule has 4 rings (SSSR count). The minimum Gasteiger partial charge on any atom is -0.481 e. The van der Waals surface area contributed by atoms with Crippen molar-refractivity contribution >= 4 is 27.3 Å². The maximum Gasteiger partial charge on any atom is 0.416 e. The second kappa shape index (κ2) is 10.5. The summed E-state index contributed by atoms with van der Waals surface area (Å²) in [6, 6.07) is 6.55. The third-order valence-corrected chi connectivity index (χ3v) is 8.29. The number of anilines is 1. The van der Waals surface area contributed by atoms with Gasteiger partial charge in [-0.15, -0.1) is 0 Å². The average molecular weight is 521 g/mol. The number of allylic oxidation sites excluding steroid dienone is 4. The molecule has 0 radical (unpaired) electrons. The number of sulfonamides is 1. The van der Waals surface area contributed by atoms with Gasteiger partial charge in [0.05, 0.1) is 28.0 Å². The van der Waals surface area contributed by atoms with Crippen molar-refractivity contribution in [2.24, 2.45) is 17.8 Å². The van der Waals surface area contributed by atoms with Gasteiger partial charge in [-0.1, -0.05) is 18.2 Å². The van der Waals surface area contributed by atoms with Gasteiger partial charge in [0.25, 0.3) is 10.0 Å². The minimum atomic E-state index is -4.54. The van der Waals surface area contributed by atoms with E-state index in [9.17, 15) is 26.4 Å². The first-order valence-corrected chi connectivity index (χ1v) is 13.3. The molecule has 2 N–H and O–H groups in total. The number of carbonyl (C=O) groups is 1. The van der Waals surface area contributed by atoms with E-state index in [-0.39, 0.29) is 22.9 Å². The number of carboxylic acids is 1. The third-order valence-electron chi connectivity index (χ3n) is 6.90. The summed E-state index contributed by atoms with van der Waals surface area (Å²) in [4.78, 5) is 15.0. The fraction of sp³-hybridized carbons (Fsp3) is 0.385. The molecule has 36 heavy (non-hydrogen) atoms. The van der Waals surface area contributed by atoms with Crippen LogP contribution in [0.3, 0.4) is 0 Å². The van der Waals surface area contributed by atoms with Gasteiger partial charge in [0.1, 0.15) is 0 Å². The molecule has 1 fully saturated rings. The van der Waals surface area contributed by atoms with Crippen molar-refractivity contribution in [3.8, 4) is 0 Å². The number of benzene rings is 1. The summed E-state index contributed by atoms with van der Waals surface area (Å²) in [5, 5.41) is 8.98. The van der Waals surface area contributed by atoms with Crippen LogP contribution in [0.2, 0.25) is 0 Å². The summed E-state index contributed by atoms with van der Waals surface area (Å²) >= 11 is 0. The molecule has 0 spiro atoms. The van der Waals surface area contributed by atoms with Crippen molar-refractivity contribution < 1.29 is 31.5 Å². The normalized spacial score (nSPS) is 22.6. The number of hydrogen-bond donors (Lipinski definition) is 2. The van der Waals surface area contributed by atoms with E-state index < -0.39 is 27.7 Å². The van der Waals surface area contributed by atoms with E-state index in [2.05, 4.69) is 21.9 Å². The highest BCUT2D eigenvalue weighted by atomic mass is 32.2. The van der Waals surface area contributed by atoms with E-state index in [1.54, 1.807) is 12.1 Å². The lowest BCUT2D eigenvalue weighted by Gasteiger charge is -2.32. The summed E-state index contributed by atoms with van der Waals surface area (Å²) in [6.45, 7) is 0. The van der Waals surface area contributed by atoms with Gasteiger partial charge in [0, 0.05) is 6.42 Å². The number of pyridine rings is 1. The first-order chi connectivity index (χ1) is 17.0. The quantitative estimate of drug-likeness (QED) is 0.457. The minimum absolute atomic E-state index is 0.204. The number of aliphatic carboxylic acids is 1. The third kappa shape index (κ3) is 6.34. The molecular weight excluding hydrogens is 493 g/mol. The van der Waals surface area contributed by atoms with Crippen LogP contribution in [0.15, 0.2) is 65.7 Å². The second-order valence-electron chi connectivity index (χ2n) is 9.36. The number of hydrogen-bond acceptors (Lipinski definition) is 4. The Kier molecular flexibility index (Phi) is 7.54.